The Balaban J connectivity index is 2.27. The van der Waals surface area contributed by atoms with Crippen molar-refractivity contribution in [2.24, 2.45) is 0 Å². The number of aliphatic carboxylic acids is 1. The van der Waals surface area contributed by atoms with E-state index >= 15 is 0 Å². The first-order valence-corrected chi connectivity index (χ1v) is 8.31. The molecule has 0 aliphatic carbocycles. The number of carboxylic acids is 1. The van der Waals surface area contributed by atoms with Gasteiger partial charge in [0.15, 0.2) is 0 Å². The number of hydrogen-bond acceptors (Lipinski definition) is 6. The van der Waals surface area contributed by atoms with Gasteiger partial charge in [0.05, 0.1) is 6.61 Å². The van der Waals surface area contributed by atoms with E-state index in [-0.39, 0.29) is 23.3 Å². The minimum absolute atomic E-state index is 0.0119. The molecule has 0 radical (unpaired) electrons. The van der Waals surface area contributed by atoms with Crippen LogP contribution in [0.5, 0.6) is 0 Å². The van der Waals surface area contributed by atoms with Crippen molar-refractivity contribution in [3.63, 3.8) is 0 Å². The van der Waals surface area contributed by atoms with Crippen molar-refractivity contribution < 1.29 is 28.8 Å². The summed E-state index contributed by atoms with van der Waals surface area (Å²) in [6.45, 7) is 1.57. The molecule has 142 valence electrons. The van der Waals surface area contributed by atoms with Gasteiger partial charge in [0, 0.05) is 10.9 Å². The maximum Gasteiger partial charge on any atom is 0.442 e. The van der Waals surface area contributed by atoms with Crippen LogP contribution in [-0.2, 0) is 14.3 Å². The standard InChI is InChI=1S/C20H15NO7/c1-2-27-20(24)15(19(22)23)11-13-9-6-10-14-16(12-7-4-3-5-8-12)18(21(25)26)28-17(13)14/h3-11H,2H2,1H3,(H,22,23). The minimum atomic E-state index is -1.47. The lowest BCUT2D eigenvalue weighted by atomic mass is 10.0. The van der Waals surface area contributed by atoms with Crippen LogP contribution in [0.15, 0.2) is 58.5 Å². The van der Waals surface area contributed by atoms with E-state index in [0.29, 0.717) is 10.9 Å². The topological polar surface area (TPSA) is 120 Å². The molecule has 1 N–H and O–H groups in total. The number of ether oxygens (including phenoxy) is 1. The van der Waals surface area contributed by atoms with Gasteiger partial charge < -0.3 is 14.3 Å². The summed E-state index contributed by atoms with van der Waals surface area (Å²) in [5, 5.41) is 21.3. The van der Waals surface area contributed by atoms with E-state index in [2.05, 4.69) is 0 Å². The summed E-state index contributed by atoms with van der Waals surface area (Å²) in [4.78, 5) is 34.3. The highest BCUT2D eigenvalue weighted by atomic mass is 16.6. The molecule has 0 saturated heterocycles. The van der Waals surface area contributed by atoms with Gasteiger partial charge in [-0.3, -0.25) is 10.1 Å². The summed E-state index contributed by atoms with van der Waals surface area (Å²) in [5.74, 6) is -2.94. The third-order valence-electron chi connectivity index (χ3n) is 3.98. The molecule has 8 nitrogen and oxygen atoms in total. The summed E-state index contributed by atoms with van der Waals surface area (Å²) >= 11 is 0. The average Bonchev–Trinajstić information content (AvgIpc) is 3.07. The van der Waals surface area contributed by atoms with Gasteiger partial charge >= 0.3 is 17.8 Å². The number of fused-ring (bicyclic) bond motifs is 1. The molecule has 8 heteroatoms. The van der Waals surface area contributed by atoms with Gasteiger partial charge in [-0.25, -0.2) is 9.59 Å². The molecule has 0 fully saturated rings. The predicted molar refractivity (Wildman–Crippen MR) is 101 cm³/mol. The summed E-state index contributed by atoms with van der Waals surface area (Å²) < 4.78 is 10.2. The van der Waals surface area contributed by atoms with E-state index < -0.39 is 28.3 Å². The lowest BCUT2D eigenvalue weighted by molar-refractivity contribution is -0.400. The first-order chi connectivity index (χ1) is 13.4. The molecule has 0 saturated carbocycles. The molecule has 0 unspecified atom stereocenters. The average molecular weight is 381 g/mol. The number of hydrogen-bond donors (Lipinski definition) is 1. The first kappa shape index (κ1) is 18.8. The zero-order chi connectivity index (χ0) is 20.3. The fourth-order valence-electron chi connectivity index (χ4n) is 2.83. The van der Waals surface area contributed by atoms with Crippen molar-refractivity contribution in [3.8, 4) is 11.1 Å². The molecule has 2 aromatic carbocycles. The Kier molecular flexibility index (Phi) is 5.21. The number of nitro groups is 1. The highest BCUT2D eigenvalue weighted by molar-refractivity contribution is 6.18. The number of para-hydroxylation sites is 1. The molecular formula is C20H15NO7. The fourth-order valence-corrected chi connectivity index (χ4v) is 2.83. The second-order valence-corrected chi connectivity index (χ2v) is 5.71. The Bertz CT molecular complexity index is 1100. The Morgan fingerprint density at radius 3 is 2.50 bits per heavy atom. The number of carboxylic acid groups (broad SMARTS) is 1. The van der Waals surface area contributed by atoms with Crippen LogP contribution in [0, 0.1) is 10.1 Å². The van der Waals surface area contributed by atoms with E-state index in [4.69, 9.17) is 9.15 Å². The van der Waals surface area contributed by atoms with Gasteiger partial charge in [-0.1, -0.05) is 48.5 Å². The van der Waals surface area contributed by atoms with E-state index in [1.54, 1.807) is 49.4 Å². The van der Waals surface area contributed by atoms with E-state index in [0.717, 1.165) is 6.08 Å². The van der Waals surface area contributed by atoms with Crippen molar-refractivity contribution >= 4 is 34.9 Å². The predicted octanol–water partition coefficient (Wildman–Crippen LogP) is 4.04. The number of benzene rings is 2. The van der Waals surface area contributed by atoms with Gasteiger partial charge in [-0.05, 0) is 18.6 Å². The second-order valence-electron chi connectivity index (χ2n) is 5.71. The SMILES string of the molecule is CCOC(=O)C(=Cc1cccc2c(-c3ccccc3)c([N+](=O)[O-])oc12)C(=O)O. The Hall–Kier alpha value is -3.94. The van der Waals surface area contributed by atoms with E-state index in [1.807, 2.05) is 0 Å². The maximum atomic E-state index is 11.9. The van der Waals surface area contributed by atoms with Crippen LogP contribution >= 0.6 is 0 Å². The van der Waals surface area contributed by atoms with Crippen LogP contribution in [0.4, 0.5) is 5.88 Å². The van der Waals surface area contributed by atoms with Crippen LogP contribution in [0.3, 0.4) is 0 Å². The van der Waals surface area contributed by atoms with Crippen molar-refractivity contribution in [1.82, 2.24) is 0 Å². The van der Waals surface area contributed by atoms with Crippen molar-refractivity contribution in [2.45, 2.75) is 6.92 Å². The lowest BCUT2D eigenvalue weighted by Gasteiger charge is -2.03. The maximum absolute atomic E-state index is 11.9. The van der Waals surface area contributed by atoms with Crippen LogP contribution in [0.25, 0.3) is 28.2 Å². The van der Waals surface area contributed by atoms with Crippen molar-refractivity contribution in [2.75, 3.05) is 6.61 Å². The Labute approximate surface area is 158 Å². The van der Waals surface area contributed by atoms with Crippen LogP contribution in [-0.4, -0.2) is 28.6 Å². The highest BCUT2D eigenvalue weighted by Gasteiger charge is 2.27. The molecule has 3 rings (SSSR count). The number of carbonyl (C=O) groups excluding carboxylic acids is 1. The fraction of sp³-hybridized carbons (Fsp3) is 0.100. The molecule has 0 spiro atoms. The zero-order valence-corrected chi connectivity index (χ0v) is 14.7. The summed E-state index contributed by atoms with van der Waals surface area (Å²) in [7, 11) is 0. The molecule has 28 heavy (non-hydrogen) atoms. The number of furan rings is 1. The van der Waals surface area contributed by atoms with Gasteiger partial charge in [0.1, 0.15) is 21.6 Å². The molecular weight excluding hydrogens is 366 g/mol. The summed E-state index contributed by atoms with van der Waals surface area (Å²) in [6, 6.07) is 13.4. The Morgan fingerprint density at radius 1 is 1.18 bits per heavy atom. The minimum Gasteiger partial charge on any atom is -0.477 e. The van der Waals surface area contributed by atoms with E-state index in [1.165, 1.54) is 6.07 Å². The summed E-state index contributed by atoms with van der Waals surface area (Å²) in [6.07, 6.45) is 1.09. The molecule has 0 aliphatic rings. The van der Waals surface area contributed by atoms with Gasteiger partial charge in [-0.15, -0.1) is 0 Å². The van der Waals surface area contributed by atoms with Gasteiger partial charge in [0.25, 0.3) is 0 Å². The van der Waals surface area contributed by atoms with Gasteiger partial charge in [0.2, 0.25) is 0 Å². The summed E-state index contributed by atoms with van der Waals surface area (Å²) in [5.41, 5.74) is 0.584. The van der Waals surface area contributed by atoms with Crippen LogP contribution in [0.2, 0.25) is 0 Å². The molecule has 0 aliphatic heterocycles. The third kappa shape index (κ3) is 3.48. The second kappa shape index (κ2) is 7.75. The normalized spacial score (nSPS) is 11.4. The highest BCUT2D eigenvalue weighted by Crippen LogP contribution is 2.41. The molecule has 0 atom stereocenters. The first-order valence-electron chi connectivity index (χ1n) is 8.31. The van der Waals surface area contributed by atoms with Crippen molar-refractivity contribution in [3.05, 3.63) is 69.8 Å². The largest absolute Gasteiger partial charge is 0.477 e. The number of nitrogens with zero attached hydrogens (tertiary/aromatic N) is 1. The molecule has 1 heterocycles. The quantitative estimate of drug-likeness (QED) is 0.171. The molecule has 0 amide bonds. The van der Waals surface area contributed by atoms with E-state index in [9.17, 15) is 24.8 Å². The van der Waals surface area contributed by atoms with Crippen LogP contribution in [0.1, 0.15) is 12.5 Å². The molecule has 0 bridgehead atoms. The number of esters is 1. The Morgan fingerprint density at radius 2 is 1.89 bits per heavy atom. The molecule has 1 aromatic heterocycles. The lowest BCUT2D eigenvalue weighted by Crippen LogP contribution is -2.15. The zero-order valence-electron chi connectivity index (χ0n) is 14.7. The smallest absolute Gasteiger partial charge is 0.442 e. The van der Waals surface area contributed by atoms with Crippen molar-refractivity contribution in [1.29, 1.82) is 0 Å². The monoisotopic (exact) mass is 381 g/mol. The third-order valence-corrected chi connectivity index (χ3v) is 3.98. The molecule has 3 aromatic rings. The number of carbonyl (C=O) groups is 2. The number of rotatable bonds is 6. The van der Waals surface area contributed by atoms with Crippen LogP contribution < -0.4 is 0 Å². The van der Waals surface area contributed by atoms with Gasteiger partial charge in [-0.2, -0.15) is 0 Å².